The van der Waals surface area contributed by atoms with Crippen LogP contribution in [0.2, 0.25) is 5.02 Å². The minimum Gasteiger partial charge on any atom is -0.330 e. The molecule has 1 fully saturated rings. The maximum Gasteiger partial charge on any atom is 0.249 e. The van der Waals surface area contributed by atoms with E-state index < -0.39 is 6.04 Å². The maximum absolute atomic E-state index is 12.6. The largest absolute Gasteiger partial charge is 0.330 e. The fraction of sp³-hybridized carbons (Fsp3) is 0.412. The van der Waals surface area contributed by atoms with Crippen LogP contribution in [-0.4, -0.2) is 36.3 Å². The molecule has 1 heterocycles. The second kappa shape index (κ2) is 6.97. The molecule has 5 heteroatoms. The van der Waals surface area contributed by atoms with Crippen molar-refractivity contribution in [1.82, 2.24) is 4.90 Å². The number of para-hydroxylation sites is 1. The van der Waals surface area contributed by atoms with Gasteiger partial charge < -0.3 is 9.80 Å². The van der Waals surface area contributed by atoms with Crippen molar-refractivity contribution < 1.29 is 9.59 Å². The minimum atomic E-state index is -0.427. The molecule has 2 rings (SSSR count). The van der Waals surface area contributed by atoms with Gasteiger partial charge in [-0.3, -0.25) is 9.59 Å². The molecule has 1 atom stereocenters. The van der Waals surface area contributed by atoms with Gasteiger partial charge in [-0.25, -0.2) is 0 Å². The van der Waals surface area contributed by atoms with Gasteiger partial charge in [0.15, 0.2) is 0 Å². The molecule has 1 aliphatic heterocycles. The van der Waals surface area contributed by atoms with Crippen LogP contribution in [0.25, 0.3) is 0 Å². The molecule has 0 spiro atoms. The number of benzene rings is 1. The molecule has 0 saturated carbocycles. The molecule has 2 amide bonds. The molecule has 1 aliphatic rings. The van der Waals surface area contributed by atoms with Crippen molar-refractivity contribution in [3.8, 4) is 0 Å². The van der Waals surface area contributed by atoms with Gasteiger partial charge in [0.25, 0.3) is 0 Å². The second-order valence-electron chi connectivity index (χ2n) is 5.46. The van der Waals surface area contributed by atoms with Gasteiger partial charge in [0.2, 0.25) is 11.8 Å². The van der Waals surface area contributed by atoms with Crippen molar-refractivity contribution in [3.63, 3.8) is 0 Å². The van der Waals surface area contributed by atoms with Crippen molar-refractivity contribution in [2.24, 2.45) is 0 Å². The van der Waals surface area contributed by atoms with Gasteiger partial charge in [-0.1, -0.05) is 36.7 Å². The fourth-order valence-electron chi connectivity index (χ4n) is 2.75. The van der Waals surface area contributed by atoms with E-state index in [-0.39, 0.29) is 11.8 Å². The average molecular weight is 321 g/mol. The SMILES string of the molecule is CC/C=C(/C)C(=O)N(C)C1CCN(c2ccccc2Cl)C1=O. The maximum atomic E-state index is 12.6. The summed E-state index contributed by atoms with van der Waals surface area (Å²) in [5.74, 6) is -0.172. The van der Waals surface area contributed by atoms with Crippen LogP contribution < -0.4 is 4.90 Å². The summed E-state index contributed by atoms with van der Waals surface area (Å²) < 4.78 is 0. The first-order chi connectivity index (χ1) is 10.5. The van der Waals surface area contributed by atoms with E-state index in [9.17, 15) is 9.59 Å². The minimum absolute atomic E-state index is 0.0757. The molecule has 1 aromatic rings. The first-order valence-corrected chi connectivity index (χ1v) is 7.85. The third-order valence-electron chi connectivity index (χ3n) is 3.96. The summed E-state index contributed by atoms with van der Waals surface area (Å²) in [6.45, 7) is 4.34. The first-order valence-electron chi connectivity index (χ1n) is 7.47. The summed E-state index contributed by atoms with van der Waals surface area (Å²) in [7, 11) is 1.69. The Bertz CT molecular complexity index is 612. The molecule has 0 radical (unpaired) electrons. The van der Waals surface area contributed by atoms with Gasteiger partial charge in [-0.15, -0.1) is 0 Å². The van der Waals surface area contributed by atoms with Crippen molar-refractivity contribution >= 4 is 29.1 Å². The quantitative estimate of drug-likeness (QED) is 0.799. The number of likely N-dealkylation sites (N-methyl/N-ethyl adjacent to an activating group) is 1. The Morgan fingerprint density at radius 1 is 1.45 bits per heavy atom. The van der Waals surface area contributed by atoms with E-state index in [0.29, 0.717) is 29.2 Å². The molecule has 1 aromatic carbocycles. The number of allylic oxidation sites excluding steroid dienone is 1. The highest BCUT2D eigenvalue weighted by Crippen LogP contribution is 2.30. The second-order valence-corrected chi connectivity index (χ2v) is 5.86. The summed E-state index contributed by atoms with van der Waals surface area (Å²) in [6.07, 6.45) is 3.30. The van der Waals surface area contributed by atoms with Crippen molar-refractivity contribution in [1.29, 1.82) is 0 Å². The lowest BCUT2D eigenvalue weighted by molar-refractivity contribution is -0.133. The van der Waals surface area contributed by atoms with Gasteiger partial charge in [0.1, 0.15) is 6.04 Å². The lowest BCUT2D eigenvalue weighted by Gasteiger charge is -2.24. The zero-order chi connectivity index (χ0) is 16.3. The Balaban J connectivity index is 2.16. The Labute approximate surface area is 136 Å². The molecule has 4 nitrogen and oxygen atoms in total. The van der Waals surface area contributed by atoms with Crippen LogP contribution in [0, 0.1) is 0 Å². The third-order valence-corrected chi connectivity index (χ3v) is 4.28. The Morgan fingerprint density at radius 2 is 2.14 bits per heavy atom. The van der Waals surface area contributed by atoms with Crippen molar-refractivity contribution in [3.05, 3.63) is 40.9 Å². The number of carbonyl (C=O) groups excluding carboxylic acids is 2. The number of carbonyl (C=O) groups is 2. The van der Waals surface area contributed by atoms with Crippen LogP contribution in [0.5, 0.6) is 0 Å². The normalized spacial score (nSPS) is 18.7. The number of halogens is 1. The summed E-state index contributed by atoms with van der Waals surface area (Å²) in [4.78, 5) is 28.2. The van der Waals surface area contributed by atoms with Crippen LogP contribution in [0.3, 0.4) is 0 Å². The molecule has 0 aliphatic carbocycles. The summed E-state index contributed by atoms with van der Waals surface area (Å²) in [5, 5.41) is 0.549. The predicted molar refractivity (Wildman–Crippen MR) is 89.0 cm³/mol. The van der Waals surface area contributed by atoms with E-state index in [0.717, 1.165) is 6.42 Å². The lowest BCUT2D eigenvalue weighted by Crippen LogP contribution is -2.43. The lowest BCUT2D eigenvalue weighted by atomic mass is 10.1. The fourth-order valence-corrected chi connectivity index (χ4v) is 2.99. The number of hydrogen-bond donors (Lipinski definition) is 0. The monoisotopic (exact) mass is 320 g/mol. The Kier molecular flexibility index (Phi) is 5.24. The third kappa shape index (κ3) is 3.17. The van der Waals surface area contributed by atoms with Crippen molar-refractivity contribution in [2.75, 3.05) is 18.5 Å². The number of nitrogens with zero attached hydrogens (tertiary/aromatic N) is 2. The van der Waals surface area contributed by atoms with Gasteiger partial charge in [-0.2, -0.15) is 0 Å². The van der Waals surface area contributed by atoms with E-state index >= 15 is 0 Å². The highest BCUT2D eigenvalue weighted by molar-refractivity contribution is 6.34. The van der Waals surface area contributed by atoms with Gasteiger partial charge >= 0.3 is 0 Å². The molecule has 118 valence electrons. The molecular weight excluding hydrogens is 300 g/mol. The van der Waals surface area contributed by atoms with E-state index in [1.54, 1.807) is 29.8 Å². The Hall–Kier alpha value is -1.81. The predicted octanol–water partition coefficient (Wildman–Crippen LogP) is 3.26. The molecule has 0 bridgehead atoms. The topological polar surface area (TPSA) is 40.6 Å². The molecule has 0 N–H and O–H groups in total. The van der Waals surface area contributed by atoms with Crippen LogP contribution >= 0.6 is 11.6 Å². The van der Waals surface area contributed by atoms with Crippen LogP contribution in [-0.2, 0) is 9.59 Å². The highest BCUT2D eigenvalue weighted by Gasteiger charge is 2.37. The van der Waals surface area contributed by atoms with Gasteiger partial charge in [0.05, 0.1) is 10.7 Å². The van der Waals surface area contributed by atoms with Crippen LogP contribution in [0.1, 0.15) is 26.7 Å². The number of hydrogen-bond acceptors (Lipinski definition) is 2. The van der Waals surface area contributed by atoms with E-state index in [4.69, 9.17) is 11.6 Å². The number of anilines is 1. The summed E-state index contributed by atoms with van der Waals surface area (Å²) in [6, 6.07) is 6.85. The molecule has 22 heavy (non-hydrogen) atoms. The first kappa shape index (κ1) is 16.6. The number of rotatable bonds is 4. The van der Waals surface area contributed by atoms with E-state index in [1.165, 1.54) is 0 Å². The molecular formula is C17H21ClN2O2. The molecule has 1 saturated heterocycles. The van der Waals surface area contributed by atoms with Gasteiger partial charge in [-0.05, 0) is 31.9 Å². The molecule has 1 unspecified atom stereocenters. The standard InChI is InChI=1S/C17H21ClN2O2/c1-4-7-12(2)16(21)19(3)15-10-11-20(17(15)22)14-9-6-5-8-13(14)18/h5-9,15H,4,10-11H2,1-3H3/b12-7-. The summed E-state index contributed by atoms with van der Waals surface area (Å²) in [5.41, 5.74) is 1.38. The average Bonchev–Trinajstić information content (AvgIpc) is 2.88. The van der Waals surface area contributed by atoms with Gasteiger partial charge in [0, 0.05) is 19.2 Å². The molecule has 0 aromatic heterocycles. The van der Waals surface area contributed by atoms with E-state index in [1.807, 2.05) is 31.2 Å². The zero-order valence-corrected chi connectivity index (χ0v) is 13.9. The number of amides is 2. The van der Waals surface area contributed by atoms with Crippen LogP contribution in [0.15, 0.2) is 35.9 Å². The highest BCUT2D eigenvalue weighted by atomic mass is 35.5. The smallest absolute Gasteiger partial charge is 0.249 e. The Morgan fingerprint density at radius 3 is 2.77 bits per heavy atom. The van der Waals surface area contributed by atoms with Crippen LogP contribution in [0.4, 0.5) is 5.69 Å². The zero-order valence-electron chi connectivity index (χ0n) is 13.2. The van der Waals surface area contributed by atoms with E-state index in [2.05, 4.69) is 0 Å². The summed E-state index contributed by atoms with van der Waals surface area (Å²) >= 11 is 6.17. The van der Waals surface area contributed by atoms with Crippen molar-refractivity contribution in [2.45, 2.75) is 32.7 Å².